The lowest BCUT2D eigenvalue weighted by atomic mass is 9.90. The van der Waals surface area contributed by atoms with Gasteiger partial charge in [0, 0.05) is 19.6 Å². The second kappa shape index (κ2) is 8.39. The number of nitrogens with zero attached hydrogens (tertiary/aromatic N) is 2. The first-order valence-corrected chi connectivity index (χ1v) is 8.94. The van der Waals surface area contributed by atoms with Crippen LogP contribution in [-0.4, -0.2) is 29.1 Å². The van der Waals surface area contributed by atoms with Crippen molar-refractivity contribution in [1.82, 2.24) is 10.2 Å². The molecular weight excluding hydrogens is 326 g/mol. The Labute approximate surface area is 153 Å². The first kappa shape index (κ1) is 17.8. The van der Waals surface area contributed by atoms with Crippen LogP contribution in [-0.2, 0) is 13.0 Å². The predicted octanol–water partition coefficient (Wildman–Crippen LogP) is 3.43. The summed E-state index contributed by atoms with van der Waals surface area (Å²) in [5.41, 5.74) is 2.75. The Bertz CT molecular complexity index is 788. The van der Waals surface area contributed by atoms with E-state index in [4.69, 9.17) is 5.26 Å². The number of likely N-dealkylation sites (tertiary alicyclic amines) is 1. The van der Waals surface area contributed by atoms with Gasteiger partial charge < -0.3 is 15.3 Å². The van der Waals surface area contributed by atoms with E-state index in [9.17, 15) is 9.90 Å². The van der Waals surface area contributed by atoms with Crippen LogP contribution in [0.2, 0.25) is 0 Å². The molecule has 0 aliphatic carbocycles. The second-order valence-electron chi connectivity index (χ2n) is 6.77. The quantitative estimate of drug-likeness (QED) is 0.888. The Morgan fingerprint density at radius 2 is 1.88 bits per heavy atom. The summed E-state index contributed by atoms with van der Waals surface area (Å²) < 4.78 is 0. The minimum absolute atomic E-state index is 0.0369. The summed E-state index contributed by atoms with van der Waals surface area (Å²) in [6, 6.07) is 16.7. The van der Waals surface area contributed by atoms with E-state index in [1.807, 2.05) is 35.2 Å². The molecule has 1 heterocycles. The lowest BCUT2D eigenvalue weighted by molar-refractivity contribution is 0.170. The van der Waals surface area contributed by atoms with Crippen molar-refractivity contribution in [1.29, 1.82) is 5.26 Å². The fourth-order valence-corrected chi connectivity index (χ4v) is 3.34. The van der Waals surface area contributed by atoms with Gasteiger partial charge in [-0.1, -0.05) is 24.3 Å². The average molecular weight is 349 g/mol. The summed E-state index contributed by atoms with van der Waals surface area (Å²) in [7, 11) is 0. The first-order valence-electron chi connectivity index (χ1n) is 8.94. The molecule has 2 amide bonds. The van der Waals surface area contributed by atoms with E-state index in [2.05, 4.69) is 11.4 Å². The first-order chi connectivity index (χ1) is 12.6. The van der Waals surface area contributed by atoms with Crippen LogP contribution < -0.4 is 5.32 Å². The topological polar surface area (TPSA) is 76.4 Å². The maximum Gasteiger partial charge on any atom is 0.317 e. The minimum Gasteiger partial charge on any atom is -0.508 e. The highest BCUT2D eigenvalue weighted by molar-refractivity contribution is 5.74. The maximum atomic E-state index is 12.3. The summed E-state index contributed by atoms with van der Waals surface area (Å²) in [5, 5.41) is 21.3. The summed E-state index contributed by atoms with van der Waals surface area (Å²) in [6.07, 6.45) is 2.88. The van der Waals surface area contributed by atoms with Crippen LogP contribution in [0, 0.1) is 17.2 Å². The van der Waals surface area contributed by atoms with E-state index in [0.29, 0.717) is 23.8 Å². The molecule has 1 saturated heterocycles. The predicted molar refractivity (Wildman–Crippen MR) is 99.5 cm³/mol. The number of hydrogen-bond acceptors (Lipinski definition) is 3. The van der Waals surface area contributed by atoms with Crippen molar-refractivity contribution in [2.24, 2.45) is 5.92 Å². The number of carbonyl (C=O) groups excluding carboxylic acids is 1. The van der Waals surface area contributed by atoms with Gasteiger partial charge in [0.1, 0.15) is 5.75 Å². The molecular formula is C21H23N3O2. The molecule has 0 aromatic heterocycles. The fourth-order valence-electron chi connectivity index (χ4n) is 3.34. The van der Waals surface area contributed by atoms with E-state index in [-0.39, 0.29) is 6.03 Å². The molecule has 5 heteroatoms. The lowest BCUT2D eigenvalue weighted by Crippen LogP contribution is -2.44. The van der Waals surface area contributed by atoms with Crippen LogP contribution in [0.5, 0.6) is 5.75 Å². The molecule has 0 radical (unpaired) electrons. The van der Waals surface area contributed by atoms with Gasteiger partial charge in [-0.15, -0.1) is 0 Å². The number of aromatic hydroxyl groups is 1. The van der Waals surface area contributed by atoms with Crippen molar-refractivity contribution < 1.29 is 9.90 Å². The number of amides is 2. The van der Waals surface area contributed by atoms with Crippen LogP contribution in [0.1, 0.15) is 29.5 Å². The molecule has 0 unspecified atom stereocenters. The van der Waals surface area contributed by atoms with E-state index in [1.165, 1.54) is 0 Å². The zero-order chi connectivity index (χ0) is 18.4. The van der Waals surface area contributed by atoms with Gasteiger partial charge in [0.15, 0.2) is 0 Å². The third-order valence-electron chi connectivity index (χ3n) is 4.86. The standard InChI is InChI=1S/C21H23N3O2/c22-14-17-4-6-18(7-5-17)15-23-21(26)24-10-8-16(9-11-24)12-19-2-1-3-20(25)13-19/h1-7,13,16,25H,8-12,15H2,(H,23,26). The molecule has 3 rings (SSSR count). The number of piperidine rings is 1. The van der Waals surface area contributed by atoms with Crippen LogP contribution >= 0.6 is 0 Å². The van der Waals surface area contributed by atoms with Gasteiger partial charge in [-0.05, 0) is 60.6 Å². The number of nitrogens with one attached hydrogen (secondary N) is 1. The monoisotopic (exact) mass is 349 g/mol. The van der Waals surface area contributed by atoms with Gasteiger partial charge in [0.05, 0.1) is 11.6 Å². The Morgan fingerprint density at radius 3 is 2.54 bits per heavy atom. The van der Waals surface area contributed by atoms with Crippen LogP contribution in [0.4, 0.5) is 4.79 Å². The smallest absolute Gasteiger partial charge is 0.317 e. The second-order valence-corrected chi connectivity index (χ2v) is 6.77. The lowest BCUT2D eigenvalue weighted by Gasteiger charge is -2.32. The molecule has 0 atom stereocenters. The van der Waals surface area contributed by atoms with E-state index < -0.39 is 0 Å². The van der Waals surface area contributed by atoms with Crippen molar-refractivity contribution in [2.45, 2.75) is 25.8 Å². The van der Waals surface area contributed by atoms with Crippen LogP contribution in [0.25, 0.3) is 0 Å². The van der Waals surface area contributed by atoms with Crippen molar-refractivity contribution in [3.05, 3.63) is 65.2 Å². The summed E-state index contributed by atoms with van der Waals surface area (Å²) >= 11 is 0. The minimum atomic E-state index is -0.0369. The Hall–Kier alpha value is -3.00. The maximum absolute atomic E-state index is 12.3. The van der Waals surface area contributed by atoms with E-state index in [0.717, 1.165) is 43.5 Å². The molecule has 1 fully saturated rings. The number of carbonyl (C=O) groups is 1. The Balaban J connectivity index is 1.43. The summed E-state index contributed by atoms with van der Waals surface area (Å²) in [6.45, 7) is 1.97. The summed E-state index contributed by atoms with van der Waals surface area (Å²) in [4.78, 5) is 14.2. The van der Waals surface area contributed by atoms with Crippen molar-refractivity contribution in [3.63, 3.8) is 0 Å². The SMILES string of the molecule is N#Cc1ccc(CNC(=O)N2CCC(Cc3cccc(O)c3)CC2)cc1. The molecule has 1 aliphatic heterocycles. The van der Waals surface area contributed by atoms with Crippen molar-refractivity contribution >= 4 is 6.03 Å². The normalized spacial score (nSPS) is 14.7. The Kier molecular flexibility index (Phi) is 5.75. The highest BCUT2D eigenvalue weighted by Gasteiger charge is 2.22. The van der Waals surface area contributed by atoms with Gasteiger partial charge in [-0.3, -0.25) is 0 Å². The van der Waals surface area contributed by atoms with Gasteiger partial charge in [-0.2, -0.15) is 5.26 Å². The van der Waals surface area contributed by atoms with Gasteiger partial charge in [0.25, 0.3) is 0 Å². The molecule has 2 aromatic carbocycles. The van der Waals surface area contributed by atoms with Gasteiger partial charge >= 0.3 is 6.03 Å². The van der Waals surface area contributed by atoms with Gasteiger partial charge in [-0.25, -0.2) is 4.79 Å². The number of phenols is 1. The van der Waals surface area contributed by atoms with Crippen LogP contribution in [0.3, 0.4) is 0 Å². The molecule has 0 spiro atoms. The zero-order valence-corrected chi connectivity index (χ0v) is 14.7. The van der Waals surface area contributed by atoms with Crippen molar-refractivity contribution in [2.75, 3.05) is 13.1 Å². The van der Waals surface area contributed by atoms with Crippen molar-refractivity contribution in [3.8, 4) is 11.8 Å². The molecule has 1 aliphatic rings. The largest absolute Gasteiger partial charge is 0.508 e. The third-order valence-corrected chi connectivity index (χ3v) is 4.86. The Morgan fingerprint density at radius 1 is 1.15 bits per heavy atom. The molecule has 0 bridgehead atoms. The molecule has 134 valence electrons. The molecule has 26 heavy (non-hydrogen) atoms. The molecule has 2 N–H and O–H groups in total. The van der Waals surface area contributed by atoms with E-state index in [1.54, 1.807) is 18.2 Å². The average Bonchev–Trinajstić information content (AvgIpc) is 2.67. The number of benzene rings is 2. The number of hydrogen-bond donors (Lipinski definition) is 2. The number of phenolic OH excluding ortho intramolecular Hbond substituents is 1. The number of nitriles is 1. The molecule has 0 saturated carbocycles. The van der Waals surface area contributed by atoms with Crippen LogP contribution in [0.15, 0.2) is 48.5 Å². The summed E-state index contributed by atoms with van der Waals surface area (Å²) in [5.74, 6) is 0.849. The highest BCUT2D eigenvalue weighted by Crippen LogP contribution is 2.23. The highest BCUT2D eigenvalue weighted by atomic mass is 16.3. The number of urea groups is 1. The fraction of sp³-hybridized carbons (Fsp3) is 0.333. The zero-order valence-electron chi connectivity index (χ0n) is 14.7. The number of rotatable bonds is 4. The molecule has 5 nitrogen and oxygen atoms in total. The van der Waals surface area contributed by atoms with Gasteiger partial charge in [0.2, 0.25) is 0 Å². The van der Waals surface area contributed by atoms with E-state index >= 15 is 0 Å². The molecule has 2 aromatic rings. The third kappa shape index (κ3) is 4.76.